The summed E-state index contributed by atoms with van der Waals surface area (Å²) >= 11 is 0. The molecular weight excluding hydrogens is 456 g/mol. The summed E-state index contributed by atoms with van der Waals surface area (Å²) in [5.74, 6) is 0.303. The van der Waals surface area contributed by atoms with Crippen molar-refractivity contribution in [2.24, 2.45) is 0 Å². The van der Waals surface area contributed by atoms with Crippen LogP contribution in [0.25, 0.3) is 6.08 Å². The number of hydrogen-bond acceptors (Lipinski definition) is 6. The molecule has 1 aliphatic rings. The Hall–Kier alpha value is -3.12. The van der Waals surface area contributed by atoms with Crippen LogP contribution < -0.4 is 4.74 Å². The SMILES string of the molecule is COc1ccc(/C=C2\CC(CO)(COC(=O)c3c(C(C)C)cc(C(C)C)cc3C(C)C)OC2=O)cc1. The molecule has 194 valence electrons. The largest absolute Gasteiger partial charge is 0.497 e. The second-order valence-corrected chi connectivity index (χ2v) is 10.5. The highest BCUT2D eigenvalue weighted by atomic mass is 16.6. The molecule has 0 aromatic heterocycles. The van der Waals surface area contributed by atoms with Crippen molar-refractivity contribution in [2.45, 2.75) is 71.3 Å². The highest BCUT2D eigenvalue weighted by molar-refractivity contribution is 5.96. The lowest BCUT2D eigenvalue weighted by Crippen LogP contribution is -2.39. The van der Waals surface area contributed by atoms with E-state index in [1.165, 1.54) is 5.56 Å². The van der Waals surface area contributed by atoms with Crippen LogP contribution in [0.3, 0.4) is 0 Å². The van der Waals surface area contributed by atoms with E-state index in [1.807, 2.05) is 12.1 Å². The molecule has 3 rings (SSSR count). The van der Waals surface area contributed by atoms with Crippen LogP contribution in [-0.2, 0) is 14.3 Å². The first-order valence-electron chi connectivity index (χ1n) is 12.5. The van der Waals surface area contributed by atoms with E-state index in [0.717, 1.165) is 16.7 Å². The zero-order chi connectivity index (χ0) is 26.6. The number of methoxy groups -OCH3 is 1. The van der Waals surface area contributed by atoms with Gasteiger partial charge < -0.3 is 19.3 Å². The van der Waals surface area contributed by atoms with Gasteiger partial charge in [-0.3, -0.25) is 0 Å². The standard InChI is InChI=1S/C30H38O6/c1-18(2)22-13-25(19(3)4)27(26(14-22)20(5)6)29(33)35-17-30(16-31)15-23(28(32)36-30)12-21-8-10-24(34-7)11-9-21/h8-14,18-20,31H,15-17H2,1-7H3/b23-12+. The molecule has 0 amide bonds. The van der Waals surface area contributed by atoms with Crippen LogP contribution in [0.2, 0.25) is 0 Å². The fourth-order valence-electron chi connectivity index (χ4n) is 4.40. The summed E-state index contributed by atoms with van der Waals surface area (Å²) in [4.78, 5) is 26.0. The van der Waals surface area contributed by atoms with Crippen molar-refractivity contribution >= 4 is 18.0 Å². The van der Waals surface area contributed by atoms with Gasteiger partial charge in [0.15, 0.2) is 5.60 Å². The van der Waals surface area contributed by atoms with Crippen molar-refractivity contribution in [1.29, 1.82) is 0 Å². The second-order valence-electron chi connectivity index (χ2n) is 10.5. The predicted octanol–water partition coefficient (Wildman–Crippen LogP) is 5.98. The first-order valence-corrected chi connectivity index (χ1v) is 12.5. The van der Waals surface area contributed by atoms with E-state index >= 15 is 0 Å². The first-order chi connectivity index (χ1) is 17.0. The smallest absolute Gasteiger partial charge is 0.338 e. The lowest BCUT2D eigenvalue weighted by molar-refractivity contribution is -0.154. The molecular formula is C30H38O6. The molecule has 1 aliphatic heterocycles. The molecule has 1 fully saturated rings. The Morgan fingerprint density at radius 3 is 2.08 bits per heavy atom. The number of carbonyl (C=O) groups excluding carboxylic acids is 2. The van der Waals surface area contributed by atoms with E-state index in [4.69, 9.17) is 14.2 Å². The Labute approximate surface area is 214 Å². The van der Waals surface area contributed by atoms with Crippen molar-refractivity contribution < 1.29 is 28.9 Å². The molecule has 0 saturated carbocycles. The third-order valence-corrected chi connectivity index (χ3v) is 6.63. The van der Waals surface area contributed by atoms with E-state index < -0.39 is 24.1 Å². The molecule has 6 nitrogen and oxygen atoms in total. The molecule has 1 atom stereocenters. The number of aliphatic hydroxyl groups excluding tert-OH is 1. The number of esters is 2. The molecule has 0 bridgehead atoms. The van der Waals surface area contributed by atoms with Gasteiger partial charge in [0.25, 0.3) is 0 Å². The normalized spacial score (nSPS) is 18.9. The van der Waals surface area contributed by atoms with Crippen molar-refractivity contribution in [3.8, 4) is 5.75 Å². The van der Waals surface area contributed by atoms with E-state index in [0.29, 0.717) is 22.8 Å². The van der Waals surface area contributed by atoms with E-state index in [-0.39, 0.29) is 24.9 Å². The molecule has 0 aliphatic carbocycles. The van der Waals surface area contributed by atoms with Gasteiger partial charge in [0.2, 0.25) is 0 Å². The van der Waals surface area contributed by atoms with E-state index in [9.17, 15) is 14.7 Å². The first kappa shape index (κ1) is 27.5. The van der Waals surface area contributed by atoms with Crippen LogP contribution in [0, 0.1) is 0 Å². The maximum Gasteiger partial charge on any atom is 0.338 e. The van der Waals surface area contributed by atoms with Gasteiger partial charge in [0, 0.05) is 12.0 Å². The molecule has 36 heavy (non-hydrogen) atoms. The van der Waals surface area contributed by atoms with Gasteiger partial charge in [0.1, 0.15) is 12.4 Å². The van der Waals surface area contributed by atoms with Crippen LogP contribution in [0.4, 0.5) is 0 Å². The number of benzene rings is 2. The van der Waals surface area contributed by atoms with Crippen molar-refractivity contribution in [1.82, 2.24) is 0 Å². The Bertz CT molecular complexity index is 1100. The Morgan fingerprint density at radius 2 is 1.61 bits per heavy atom. The summed E-state index contributed by atoms with van der Waals surface area (Å²) < 4.78 is 16.5. The van der Waals surface area contributed by atoms with Crippen LogP contribution in [0.1, 0.15) is 98.3 Å². The quantitative estimate of drug-likeness (QED) is 0.341. The van der Waals surface area contributed by atoms with Crippen LogP contribution in [0.15, 0.2) is 42.0 Å². The molecule has 2 aromatic carbocycles. The van der Waals surface area contributed by atoms with Gasteiger partial charge in [-0.15, -0.1) is 0 Å². The summed E-state index contributed by atoms with van der Waals surface area (Å²) in [5, 5.41) is 10.1. The van der Waals surface area contributed by atoms with Crippen molar-refractivity contribution in [3.05, 3.63) is 69.8 Å². The maximum atomic E-state index is 13.4. The zero-order valence-corrected chi connectivity index (χ0v) is 22.4. The van der Waals surface area contributed by atoms with Gasteiger partial charge in [-0.2, -0.15) is 0 Å². The Kier molecular flexibility index (Phi) is 8.62. The number of hydrogen-bond donors (Lipinski definition) is 1. The molecule has 1 unspecified atom stereocenters. The monoisotopic (exact) mass is 494 g/mol. The Balaban J connectivity index is 1.85. The fraction of sp³-hybridized carbons (Fsp3) is 0.467. The highest BCUT2D eigenvalue weighted by Gasteiger charge is 2.45. The average Bonchev–Trinajstić information content (AvgIpc) is 3.17. The number of cyclic esters (lactones) is 1. The van der Waals surface area contributed by atoms with Gasteiger partial charge >= 0.3 is 11.9 Å². The highest BCUT2D eigenvalue weighted by Crippen LogP contribution is 2.35. The maximum absolute atomic E-state index is 13.4. The lowest BCUT2D eigenvalue weighted by atomic mass is 9.84. The summed E-state index contributed by atoms with van der Waals surface area (Å²) in [6.45, 7) is 11.8. The van der Waals surface area contributed by atoms with E-state index in [2.05, 4.69) is 53.7 Å². The molecule has 1 N–H and O–H groups in total. The zero-order valence-electron chi connectivity index (χ0n) is 22.4. The minimum Gasteiger partial charge on any atom is -0.497 e. The third-order valence-electron chi connectivity index (χ3n) is 6.63. The van der Waals surface area contributed by atoms with Gasteiger partial charge in [0.05, 0.1) is 19.3 Å². The third kappa shape index (κ3) is 5.98. The topological polar surface area (TPSA) is 82.1 Å². The molecule has 0 radical (unpaired) electrons. The molecule has 6 heteroatoms. The molecule has 0 spiro atoms. The summed E-state index contributed by atoms with van der Waals surface area (Å²) in [6.07, 6.45) is 1.86. The molecule has 2 aromatic rings. The van der Waals surface area contributed by atoms with Crippen LogP contribution >= 0.6 is 0 Å². The molecule has 1 saturated heterocycles. The van der Waals surface area contributed by atoms with E-state index in [1.54, 1.807) is 25.3 Å². The minimum atomic E-state index is -1.31. The summed E-state index contributed by atoms with van der Waals surface area (Å²) in [5.41, 5.74) is 3.55. The number of aliphatic hydroxyl groups is 1. The van der Waals surface area contributed by atoms with Gasteiger partial charge in [-0.1, -0.05) is 65.8 Å². The fourth-order valence-corrected chi connectivity index (χ4v) is 4.40. The van der Waals surface area contributed by atoms with Crippen LogP contribution in [0.5, 0.6) is 5.75 Å². The number of rotatable bonds is 9. The molecule has 1 heterocycles. The second kappa shape index (κ2) is 11.3. The predicted molar refractivity (Wildman–Crippen MR) is 140 cm³/mol. The van der Waals surface area contributed by atoms with Gasteiger partial charge in [-0.25, -0.2) is 9.59 Å². The average molecular weight is 495 g/mol. The minimum absolute atomic E-state index is 0.124. The lowest BCUT2D eigenvalue weighted by Gasteiger charge is -2.26. The van der Waals surface area contributed by atoms with Crippen molar-refractivity contribution in [3.63, 3.8) is 0 Å². The summed E-state index contributed by atoms with van der Waals surface area (Å²) in [6, 6.07) is 11.4. The number of carbonyl (C=O) groups is 2. The van der Waals surface area contributed by atoms with Crippen LogP contribution in [-0.4, -0.2) is 43.0 Å². The van der Waals surface area contributed by atoms with Crippen molar-refractivity contribution in [2.75, 3.05) is 20.3 Å². The summed E-state index contributed by atoms with van der Waals surface area (Å²) in [7, 11) is 1.59. The Morgan fingerprint density at radius 1 is 1.03 bits per heavy atom. The van der Waals surface area contributed by atoms with Gasteiger partial charge in [-0.05, 0) is 58.2 Å². The number of ether oxygens (including phenoxy) is 3.